The molecule has 2 saturated carbocycles. The molecule has 1 aromatic carbocycles. The quantitative estimate of drug-likeness (QED) is 0.191. The van der Waals surface area contributed by atoms with Crippen molar-refractivity contribution in [1.82, 2.24) is 30.2 Å². The first kappa shape index (κ1) is 47.7. The molecule has 2 aliphatic carbocycles. The Bertz CT molecular complexity index is 2070. The number of rotatable bonds is 15. The van der Waals surface area contributed by atoms with Crippen LogP contribution in [0.1, 0.15) is 106 Å². The van der Waals surface area contributed by atoms with Crippen molar-refractivity contribution in [2.45, 2.75) is 127 Å². The smallest absolute Gasteiger partial charge is 0.252 e. The molecule has 6 fully saturated rings. The number of carbonyl (C=O) groups excluding carboxylic acids is 5. The topological polar surface area (TPSA) is 160 Å². The molecule has 358 valence electrons. The van der Waals surface area contributed by atoms with Crippen LogP contribution in [-0.4, -0.2) is 159 Å². The summed E-state index contributed by atoms with van der Waals surface area (Å²) in [6.45, 7) is 13.0. The Hall–Kier alpha value is -4.80. The number of ether oxygens (including phenoxy) is 1. The fourth-order valence-corrected chi connectivity index (χ4v) is 12.1. The highest BCUT2D eigenvalue weighted by atomic mass is 19.1. The maximum Gasteiger partial charge on any atom is 0.252 e. The highest BCUT2D eigenvalue weighted by Gasteiger charge is 2.56. The average Bonchev–Trinajstić information content (AvgIpc) is 3.73. The first-order valence-electron chi connectivity index (χ1n) is 24.5. The lowest BCUT2D eigenvalue weighted by molar-refractivity contribution is -0.163. The van der Waals surface area contributed by atoms with E-state index in [0.29, 0.717) is 61.5 Å². The Morgan fingerprint density at radius 3 is 2.29 bits per heavy atom. The number of likely N-dealkylation sites (tertiary alicyclic amines) is 3. The molecule has 1 aromatic rings. The number of benzene rings is 1. The standard InChI is InChI=1S/C50H70FN9O6/c1-33-7-5-9-43(33)60-45(62)11-10-35(29-52-2)46(60)54-37-14-20-56(21-15-37)38-16-22-57(23-17-38)39-27-50(28-39)31-59(32-50)49(65)34-12-18-58(19-13-34)44-25-36(30-66-4)40(26-41(44)51)47(63)55-42(8-6-24-61)48(64)53-3/h10-11,24-26,29,33-34,37-39,42-43H,2,5-9,12-23,27-28,30-32H2,1,3-4H3,(H,53,64)(H,55,63)/b35-29-,54-46?. The number of halogens is 1. The number of carbonyl (C=O) groups is 5. The summed E-state index contributed by atoms with van der Waals surface area (Å²) in [7, 11) is 2.95. The van der Waals surface area contributed by atoms with E-state index in [4.69, 9.17) is 9.73 Å². The number of methoxy groups -OCH3 is 1. The van der Waals surface area contributed by atoms with Gasteiger partial charge in [-0.15, -0.1) is 0 Å². The lowest BCUT2D eigenvalue weighted by Gasteiger charge is -2.62. The number of nitrogens with one attached hydrogen (secondary N) is 2. The number of hydrogen-bond acceptors (Lipinski definition) is 11. The molecule has 7 aliphatic rings. The molecule has 1 spiro atoms. The number of likely N-dealkylation sites (N-methyl/N-ethyl adjacent to an activating group) is 1. The van der Waals surface area contributed by atoms with Gasteiger partial charge in [-0.25, -0.2) is 4.39 Å². The molecule has 0 radical (unpaired) electrons. The second kappa shape index (κ2) is 21.0. The van der Waals surface area contributed by atoms with Gasteiger partial charge in [0.15, 0.2) is 0 Å². The van der Waals surface area contributed by atoms with E-state index in [-0.39, 0.29) is 60.2 Å². The second-order valence-electron chi connectivity index (χ2n) is 20.1. The molecule has 2 N–H and O–H groups in total. The van der Waals surface area contributed by atoms with Crippen LogP contribution in [0.25, 0.3) is 0 Å². The molecule has 3 atom stereocenters. The van der Waals surface area contributed by atoms with Gasteiger partial charge in [-0.05, 0) is 120 Å². The minimum Gasteiger partial charge on any atom is -0.380 e. The van der Waals surface area contributed by atoms with Gasteiger partial charge in [0.1, 0.15) is 24.0 Å². The summed E-state index contributed by atoms with van der Waals surface area (Å²) < 4.78 is 21.1. The minimum absolute atomic E-state index is 0.0288. The first-order valence-corrected chi connectivity index (χ1v) is 24.5. The summed E-state index contributed by atoms with van der Waals surface area (Å²) in [5, 5.41) is 5.14. The molecule has 3 unspecified atom stereocenters. The fraction of sp³-hybridized carbons (Fsp3) is 0.660. The zero-order chi connectivity index (χ0) is 46.5. The minimum atomic E-state index is -0.938. The Morgan fingerprint density at radius 1 is 0.955 bits per heavy atom. The number of amidine groups is 1. The van der Waals surface area contributed by atoms with E-state index in [0.717, 1.165) is 95.6 Å². The number of anilines is 1. The monoisotopic (exact) mass is 912 g/mol. The number of aldehydes is 1. The zero-order valence-electron chi connectivity index (χ0n) is 39.2. The summed E-state index contributed by atoms with van der Waals surface area (Å²) in [6, 6.07) is 3.42. The lowest BCUT2D eigenvalue weighted by atomic mass is 9.59. The lowest BCUT2D eigenvalue weighted by Crippen LogP contribution is -2.69. The third-order valence-electron chi connectivity index (χ3n) is 15.9. The van der Waals surface area contributed by atoms with E-state index in [1.807, 2.05) is 20.8 Å². The molecule has 8 rings (SSSR count). The van der Waals surface area contributed by atoms with E-state index in [9.17, 15) is 24.0 Å². The van der Waals surface area contributed by atoms with E-state index in [2.05, 4.69) is 39.1 Å². The van der Waals surface area contributed by atoms with Crippen molar-refractivity contribution in [2.75, 3.05) is 71.4 Å². The second-order valence-corrected chi connectivity index (χ2v) is 20.1. The van der Waals surface area contributed by atoms with Crippen LogP contribution in [0.5, 0.6) is 0 Å². The van der Waals surface area contributed by atoms with Gasteiger partial charge in [-0.2, -0.15) is 0 Å². The third kappa shape index (κ3) is 10.2. The number of piperidine rings is 3. The van der Waals surface area contributed by atoms with Gasteiger partial charge >= 0.3 is 0 Å². The van der Waals surface area contributed by atoms with E-state index in [1.54, 1.807) is 18.3 Å². The largest absolute Gasteiger partial charge is 0.380 e. The van der Waals surface area contributed by atoms with E-state index >= 15 is 4.39 Å². The van der Waals surface area contributed by atoms with Crippen molar-refractivity contribution >= 4 is 48.2 Å². The summed E-state index contributed by atoms with van der Waals surface area (Å²) in [6.07, 6.45) is 17.3. The van der Waals surface area contributed by atoms with Crippen LogP contribution in [0, 0.1) is 23.1 Å². The number of hydrogen-bond donors (Lipinski definition) is 2. The number of amides is 4. The van der Waals surface area contributed by atoms with Gasteiger partial charge in [0.2, 0.25) is 11.8 Å². The van der Waals surface area contributed by atoms with Gasteiger partial charge < -0.3 is 39.8 Å². The van der Waals surface area contributed by atoms with Crippen LogP contribution in [-0.2, 0) is 30.5 Å². The molecule has 5 heterocycles. The maximum atomic E-state index is 15.7. The molecule has 5 aliphatic heterocycles. The zero-order valence-corrected chi connectivity index (χ0v) is 39.2. The van der Waals surface area contributed by atoms with Gasteiger partial charge in [-0.3, -0.25) is 34.1 Å². The van der Waals surface area contributed by atoms with Crippen molar-refractivity contribution in [3.05, 3.63) is 53.0 Å². The molecule has 66 heavy (non-hydrogen) atoms. The first-order chi connectivity index (χ1) is 31.9. The SMILES string of the molecule is C=N/C=C1/C=CC(=O)N(C2CCCC2C)C1=NC1CCN(C2CCN(C3CC4(C3)CN(C(=O)C3CCN(c5cc(COC)c(C(=O)NC(CCC=O)C(=O)NC)cc5F)CC3)C4)CC2)CC1. The van der Waals surface area contributed by atoms with Crippen LogP contribution < -0.4 is 15.5 Å². The predicted molar refractivity (Wildman–Crippen MR) is 252 cm³/mol. The van der Waals surface area contributed by atoms with E-state index < -0.39 is 23.7 Å². The van der Waals surface area contributed by atoms with Crippen LogP contribution >= 0.6 is 0 Å². The molecule has 4 saturated heterocycles. The van der Waals surface area contributed by atoms with Gasteiger partial charge in [0, 0.05) is 113 Å². The van der Waals surface area contributed by atoms with Crippen molar-refractivity contribution in [2.24, 2.45) is 27.2 Å². The molecule has 4 amide bonds. The average molecular weight is 912 g/mol. The molecule has 16 heteroatoms. The molecule has 0 aromatic heterocycles. The van der Waals surface area contributed by atoms with Crippen molar-refractivity contribution < 1.29 is 33.1 Å². The number of nitrogens with zero attached hydrogens (tertiary/aromatic N) is 7. The highest BCUT2D eigenvalue weighted by Crippen LogP contribution is 2.51. The van der Waals surface area contributed by atoms with Crippen LogP contribution in [0.3, 0.4) is 0 Å². The van der Waals surface area contributed by atoms with Crippen molar-refractivity contribution in [3.8, 4) is 0 Å². The highest BCUT2D eigenvalue weighted by molar-refractivity contribution is 6.15. The third-order valence-corrected chi connectivity index (χ3v) is 15.9. The van der Waals surface area contributed by atoms with E-state index in [1.165, 1.54) is 33.1 Å². The number of aliphatic imine (C=N–C) groups is 2. The van der Waals surface area contributed by atoms with Crippen molar-refractivity contribution in [3.63, 3.8) is 0 Å². The van der Waals surface area contributed by atoms with Crippen LogP contribution in [0.2, 0.25) is 0 Å². The summed E-state index contributed by atoms with van der Waals surface area (Å²) in [4.78, 5) is 84.1. The molecule has 0 bridgehead atoms. The maximum absolute atomic E-state index is 15.7. The summed E-state index contributed by atoms with van der Waals surface area (Å²) in [5.74, 6) is -0.245. The Morgan fingerprint density at radius 2 is 1.65 bits per heavy atom. The van der Waals surface area contributed by atoms with Crippen molar-refractivity contribution in [1.29, 1.82) is 0 Å². The molecular formula is C50H70FN9O6. The summed E-state index contributed by atoms with van der Waals surface area (Å²) >= 11 is 0. The fourth-order valence-electron chi connectivity index (χ4n) is 12.1. The Balaban J connectivity index is 0.763. The molecular weight excluding hydrogens is 842 g/mol. The van der Waals surface area contributed by atoms with Crippen LogP contribution in [0.4, 0.5) is 10.1 Å². The van der Waals surface area contributed by atoms with Gasteiger partial charge in [-0.1, -0.05) is 13.3 Å². The normalized spacial score (nSPS) is 26.4. The van der Waals surface area contributed by atoms with Gasteiger partial charge in [0.25, 0.3) is 11.8 Å². The summed E-state index contributed by atoms with van der Waals surface area (Å²) in [5.41, 5.74) is 2.03. The Kier molecular flexibility index (Phi) is 15.2. The van der Waals surface area contributed by atoms with Crippen LogP contribution in [0.15, 0.2) is 46.0 Å². The molecule has 15 nitrogen and oxygen atoms in total. The van der Waals surface area contributed by atoms with Gasteiger partial charge in [0.05, 0.1) is 18.3 Å². The predicted octanol–water partition coefficient (Wildman–Crippen LogP) is 4.50. The Labute approximate surface area is 389 Å².